The zero-order valence-corrected chi connectivity index (χ0v) is 14.0. The number of nitrogens with one attached hydrogen (secondary N) is 1. The van der Waals surface area contributed by atoms with E-state index in [9.17, 15) is 9.59 Å². The highest BCUT2D eigenvalue weighted by molar-refractivity contribution is 5.94. The number of pyridine rings is 1. The fraction of sp³-hybridized carbons (Fsp3) is 0.222. The van der Waals surface area contributed by atoms with Crippen LogP contribution in [0.15, 0.2) is 48.8 Å². The number of hydrogen-bond donors (Lipinski definition) is 1. The van der Waals surface area contributed by atoms with E-state index in [1.165, 1.54) is 7.11 Å². The SMILES string of the molecule is COC(=O)Cn1c(C(C)NC(=O)c2ccncc2)nc2ccccc21. The summed E-state index contributed by atoms with van der Waals surface area (Å²) >= 11 is 0. The summed E-state index contributed by atoms with van der Waals surface area (Å²) in [6.07, 6.45) is 3.12. The molecule has 1 atom stereocenters. The van der Waals surface area contributed by atoms with Crippen LogP contribution in [-0.4, -0.2) is 33.5 Å². The summed E-state index contributed by atoms with van der Waals surface area (Å²) in [6.45, 7) is 1.86. The number of benzene rings is 1. The first-order chi connectivity index (χ1) is 12.1. The Labute approximate surface area is 144 Å². The van der Waals surface area contributed by atoms with Crippen LogP contribution < -0.4 is 5.32 Å². The maximum atomic E-state index is 12.4. The number of carbonyl (C=O) groups is 2. The van der Waals surface area contributed by atoms with Crippen molar-refractivity contribution in [2.75, 3.05) is 7.11 Å². The van der Waals surface area contributed by atoms with Gasteiger partial charge in [0.15, 0.2) is 0 Å². The summed E-state index contributed by atoms with van der Waals surface area (Å²) in [4.78, 5) is 32.6. The van der Waals surface area contributed by atoms with Crippen molar-refractivity contribution in [3.8, 4) is 0 Å². The molecule has 1 N–H and O–H groups in total. The largest absolute Gasteiger partial charge is 0.468 e. The van der Waals surface area contributed by atoms with Crippen molar-refractivity contribution in [1.82, 2.24) is 19.9 Å². The summed E-state index contributed by atoms with van der Waals surface area (Å²) in [5.41, 5.74) is 2.08. The number of imidazole rings is 1. The lowest BCUT2D eigenvalue weighted by Gasteiger charge is -2.15. The van der Waals surface area contributed by atoms with Gasteiger partial charge >= 0.3 is 5.97 Å². The molecule has 7 heteroatoms. The Bertz CT molecular complexity index is 905. The highest BCUT2D eigenvalue weighted by Gasteiger charge is 2.20. The topological polar surface area (TPSA) is 86.1 Å². The van der Waals surface area contributed by atoms with Gasteiger partial charge in [-0.15, -0.1) is 0 Å². The molecule has 0 fully saturated rings. The number of amides is 1. The average molecular weight is 338 g/mol. The summed E-state index contributed by atoms with van der Waals surface area (Å²) in [7, 11) is 1.34. The normalized spacial score (nSPS) is 11.9. The number of hydrogen-bond acceptors (Lipinski definition) is 5. The molecule has 1 unspecified atom stereocenters. The Morgan fingerprint density at radius 3 is 2.64 bits per heavy atom. The molecule has 7 nitrogen and oxygen atoms in total. The second kappa shape index (κ2) is 7.12. The molecule has 0 radical (unpaired) electrons. The Hall–Kier alpha value is -3.22. The molecule has 2 heterocycles. The Kier molecular flexibility index (Phi) is 4.74. The summed E-state index contributed by atoms with van der Waals surface area (Å²) in [5.74, 6) is -0.0161. The molecule has 0 aliphatic rings. The number of ether oxygens (including phenoxy) is 1. The zero-order chi connectivity index (χ0) is 17.8. The van der Waals surface area contributed by atoms with E-state index in [-0.39, 0.29) is 18.4 Å². The molecule has 3 aromatic rings. The van der Waals surface area contributed by atoms with Crippen LogP contribution in [0, 0.1) is 0 Å². The van der Waals surface area contributed by atoms with Gasteiger partial charge in [0, 0.05) is 18.0 Å². The number of nitrogens with zero attached hydrogens (tertiary/aromatic N) is 3. The molecular weight excluding hydrogens is 320 g/mol. The summed E-state index contributed by atoms with van der Waals surface area (Å²) < 4.78 is 6.54. The predicted molar refractivity (Wildman–Crippen MR) is 91.9 cm³/mol. The first-order valence-corrected chi connectivity index (χ1v) is 7.83. The number of methoxy groups -OCH3 is 1. The van der Waals surface area contributed by atoms with Crippen LogP contribution in [0.5, 0.6) is 0 Å². The Morgan fingerprint density at radius 2 is 1.92 bits per heavy atom. The third kappa shape index (κ3) is 3.50. The molecule has 0 saturated heterocycles. The second-order valence-electron chi connectivity index (χ2n) is 5.55. The first kappa shape index (κ1) is 16.6. The van der Waals surface area contributed by atoms with Gasteiger partial charge in [0.2, 0.25) is 0 Å². The molecular formula is C18H18N4O3. The molecule has 128 valence electrons. The van der Waals surface area contributed by atoms with Crippen LogP contribution in [0.1, 0.15) is 29.1 Å². The van der Waals surface area contributed by atoms with Gasteiger partial charge in [0.1, 0.15) is 12.4 Å². The molecule has 25 heavy (non-hydrogen) atoms. The Balaban J connectivity index is 1.92. The van der Waals surface area contributed by atoms with Crippen molar-refractivity contribution in [3.05, 3.63) is 60.2 Å². The fourth-order valence-electron chi connectivity index (χ4n) is 2.63. The quantitative estimate of drug-likeness (QED) is 0.720. The second-order valence-corrected chi connectivity index (χ2v) is 5.55. The van der Waals surface area contributed by atoms with E-state index in [1.807, 2.05) is 31.2 Å². The minimum absolute atomic E-state index is 0.0296. The van der Waals surface area contributed by atoms with Gasteiger partial charge < -0.3 is 14.6 Å². The van der Waals surface area contributed by atoms with Gasteiger partial charge in [-0.3, -0.25) is 14.6 Å². The van der Waals surface area contributed by atoms with Crippen molar-refractivity contribution in [3.63, 3.8) is 0 Å². The van der Waals surface area contributed by atoms with Gasteiger partial charge in [0.05, 0.1) is 24.2 Å². The van der Waals surface area contributed by atoms with E-state index < -0.39 is 6.04 Å². The number of carbonyl (C=O) groups excluding carboxylic acids is 2. The van der Waals surface area contributed by atoms with E-state index in [1.54, 1.807) is 29.1 Å². The molecule has 0 spiro atoms. The third-order valence-electron chi connectivity index (χ3n) is 3.88. The van der Waals surface area contributed by atoms with Gasteiger partial charge in [-0.25, -0.2) is 4.98 Å². The maximum absolute atomic E-state index is 12.4. The van der Waals surface area contributed by atoms with Crippen molar-refractivity contribution >= 4 is 22.9 Å². The molecule has 0 bridgehead atoms. The molecule has 0 saturated carbocycles. The van der Waals surface area contributed by atoms with Crippen LogP contribution in [0.3, 0.4) is 0 Å². The molecule has 3 rings (SSSR count). The lowest BCUT2D eigenvalue weighted by atomic mass is 10.2. The first-order valence-electron chi connectivity index (χ1n) is 7.83. The number of aromatic nitrogens is 3. The van der Waals surface area contributed by atoms with Crippen LogP contribution in [0.2, 0.25) is 0 Å². The lowest BCUT2D eigenvalue weighted by Crippen LogP contribution is -2.29. The minimum atomic E-state index is -0.391. The fourth-order valence-corrected chi connectivity index (χ4v) is 2.63. The zero-order valence-electron chi connectivity index (χ0n) is 14.0. The average Bonchev–Trinajstić information content (AvgIpc) is 3.01. The molecule has 0 aliphatic heterocycles. The van der Waals surface area contributed by atoms with Crippen molar-refractivity contribution in [1.29, 1.82) is 0 Å². The van der Waals surface area contributed by atoms with Crippen molar-refractivity contribution < 1.29 is 14.3 Å². The monoisotopic (exact) mass is 338 g/mol. The third-order valence-corrected chi connectivity index (χ3v) is 3.88. The number of fused-ring (bicyclic) bond motifs is 1. The van der Waals surface area contributed by atoms with Crippen molar-refractivity contribution in [2.24, 2.45) is 0 Å². The van der Waals surface area contributed by atoms with Crippen LogP contribution in [0.25, 0.3) is 11.0 Å². The van der Waals surface area contributed by atoms with Gasteiger partial charge in [-0.1, -0.05) is 12.1 Å². The van der Waals surface area contributed by atoms with Gasteiger partial charge in [-0.2, -0.15) is 0 Å². The van der Waals surface area contributed by atoms with E-state index in [4.69, 9.17) is 4.74 Å². The van der Waals surface area contributed by atoms with E-state index >= 15 is 0 Å². The van der Waals surface area contributed by atoms with Crippen molar-refractivity contribution in [2.45, 2.75) is 19.5 Å². The number of para-hydroxylation sites is 2. The smallest absolute Gasteiger partial charge is 0.325 e. The minimum Gasteiger partial charge on any atom is -0.468 e. The van der Waals surface area contributed by atoms with E-state index in [0.717, 1.165) is 11.0 Å². The van der Waals surface area contributed by atoms with E-state index in [0.29, 0.717) is 11.4 Å². The standard InChI is InChI=1S/C18H18N4O3/c1-12(20-18(24)13-7-9-19-10-8-13)17-21-14-5-3-4-6-15(14)22(17)11-16(23)25-2/h3-10,12H,11H2,1-2H3,(H,20,24). The summed E-state index contributed by atoms with van der Waals surface area (Å²) in [5, 5.41) is 2.90. The number of esters is 1. The molecule has 2 aromatic heterocycles. The van der Waals surface area contributed by atoms with Crippen LogP contribution >= 0.6 is 0 Å². The molecule has 1 aromatic carbocycles. The Morgan fingerprint density at radius 1 is 1.20 bits per heavy atom. The summed E-state index contributed by atoms with van der Waals surface area (Å²) in [6, 6.07) is 10.4. The molecule has 1 amide bonds. The van der Waals surface area contributed by atoms with Gasteiger partial charge in [0.25, 0.3) is 5.91 Å². The van der Waals surface area contributed by atoms with Gasteiger partial charge in [-0.05, 0) is 31.2 Å². The predicted octanol–water partition coefficient (Wildman–Crippen LogP) is 2.10. The number of rotatable bonds is 5. The van der Waals surface area contributed by atoms with E-state index in [2.05, 4.69) is 15.3 Å². The molecule has 0 aliphatic carbocycles. The van der Waals surface area contributed by atoms with Crippen LogP contribution in [0.4, 0.5) is 0 Å². The maximum Gasteiger partial charge on any atom is 0.325 e. The highest BCUT2D eigenvalue weighted by Crippen LogP contribution is 2.21. The lowest BCUT2D eigenvalue weighted by molar-refractivity contribution is -0.141. The van der Waals surface area contributed by atoms with Crippen LogP contribution in [-0.2, 0) is 16.1 Å². The highest BCUT2D eigenvalue weighted by atomic mass is 16.5.